The van der Waals surface area contributed by atoms with Gasteiger partial charge in [-0.25, -0.2) is 63.6 Å². The van der Waals surface area contributed by atoms with E-state index in [0.29, 0.717) is 5.56 Å². The fraction of sp³-hybridized carbons (Fsp3) is 0.0588. The third-order valence-electron chi connectivity index (χ3n) is 9.76. The van der Waals surface area contributed by atoms with E-state index in [1.807, 2.05) is 0 Å². The molecule has 0 saturated carbocycles. The molecule has 4 aliphatic rings. The number of rotatable bonds is 4. The van der Waals surface area contributed by atoms with E-state index >= 15 is 0 Å². The Morgan fingerprint density at radius 1 is 0.439 bits per heavy atom. The van der Waals surface area contributed by atoms with Crippen molar-refractivity contribution in [1.29, 1.82) is 0 Å². The lowest BCUT2D eigenvalue weighted by molar-refractivity contribution is 0.461. The van der Waals surface area contributed by atoms with Gasteiger partial charge in [-0.2, -0.15) is 0 Å². The average Bonchev–Trinajstić information content (AvgIpc) is 3.82. The van der Waals surface area contributed by atoms with Gasteiger partial charge in [0.05, 0.1) is 19.6 Å². The topological polar surface area (TPSA) is 290 Å². The summed E-state index contributed by atoms with van der Waals surface area (Å²) in [6.45, 7) is -0.305. The molecular formula is C34H17N8O11S4-3. The Balaban J connectivity index is 1.44. The Hall–Kier alpha value is -6.08. The number of nitrogens with zero attached hydrogens (tertiary/aromatic N) is 8. The van der Waals surface area contributed by atoms with Gasteiger partial charge in [0.2, 0.25) is 0 Å². The van der Waals surface area contributed by atoms with Crippen molar-refractivity contribution >= 4 is 96.7 Å². The molecule has 57 heavy (non-hydrogen) atoms. The number of hydrogen-bond donors (Lipinski definition) is 0. The van der Waals surface area contributed by atoms with Crippen molar-refractivity contribution < 1.29 is 47.3 Å². The first-order chi connectivity index (χ1) is 26.7. The summed E-state index contributed by atoms with van der Waals surface area (Å²) in [5.74, 6) is -0.120. The van der Waals surface area contributed by atoms with E-state index in [1.165, 1.54) is 45.5 Å². The van der Waals surface area contributed by atoms with Crippen molar-refractivity contribution in [3.63, 3.8) is 0 Å². The van der Waals surface area contributed by atoms with Gasteiger partial charge in [-0.05, 0) is 72.8 Å². The van der Waals surface area contributed by atoms with Gasteiger partial charge in [0.25, 0.3) is 0 Å². The fourth-order valence-corrected chi connectivity index (χ4v) is 9.31. The molecule has 286 valence electrons. The zero-order valence-electron chi connectivity index (χ0n) is 28.3. The molecular weight excluding hydrogens is 825 g/mol. The highest BCUT2D eigenvalue weighted by molar-refractivity contribution is 7.90. The van der Waals surface area contributed by atoms with Crippen LogP contribution in [0.25, 0.3) is 21.5 Å². The Kier molecular flexibility index (Phi) is 6.99. The molecule has 10 rings (SSSR count). The number of amidine groups is 4. The second-order valence-electron chi connectivity index (χ2n) is 13.2. The first-order valence-corrected chi connectivity index (χ1v) is 22.3. The van der Waals surface area contributed by atoms with Crippen LogP contribution >= 0.6 is 0 Å². The molecule has 4 aliphatic heterocycles. The van der Waals surface area contributed by atoms with Gasteiger partial charge in [0.1, 0.15) is 59.6 Å². The van der Waals surface area contributed by atoms with Crippen LogP contribution in [0.1, 0.15) is 22.3 Å². The molecule has 0 radical (unpaired) electrons. The summed E-state index contributed by atoms with van der Waals surface area (Å²) in [5, 5.41) is 0.656. The zero-order valence-corrected chi connectivity index (χ0v) is 31.6. The second kappa shape index (κ2) is 11.3. The highest BCUT2D eigenvalue weighted by atomic mass is 32.2. The first kappa shape index (κ1) is 35.3. The lowest BCUT2D eigenvalue weighted by Crippen LogP contribution is -2.32. The van der Waals surface area contributed by atoms with E-state index in [9.17, 15) is 47.3 Å². The van der Waals surface area contributed by atoms with Crippen LogP contribution in [0.3, 0.4) is 0 Å². The minimum absolute atomic E-state index is 0.0132. The molecule has 0 spiro atoms. The summed E-state index contributed by atoms with van der Waals surface area (Å²) in [5.41, 5.74) is 0.896. The van der Waals surface area contributed by atoms with Crippen molar-refractivity contribution in [3.05, 3.63) is 106 Å². The minimum Gasteiger partial charge on any atom is -0.744 e. The highest BCUT2D eigenvalue weighted by Gasteiger charge is 2.31. The maximum absolute atomic E-state index is 12.7. The van der Waals surface area contributed by atoms with E-state index in [-0.39, 0.29) is 95.8 Å². The van der Waals surface area contributed by atoms with Crippen LogP contribution < -0.4 is 11.0 Å². The number of aliphatic imine (C=N–C) groups is 4. The monoisotopic (exact) mass is 841 g/mol. The van der Waals surface area contributed by atoms with Crippen LogP contribution in [-0.2, 0) is 46.9 Å². The summed E-state index contributed by atoms with van der Waals surface area (Å²) in [6, 6.07) is 14.7. The molecule has 0 unspecified atom stereocenters. The van der Waals surface area contributed by atoms with Gasteiger partial charge in [-0.1, -0.05) is 0 Å². The summed E-state index contributed by atoms with van der Waals surface area (Å²) < 4.78 is 139. The van der Waals surface area contributed by atoms with Gasteiger partial charge >= 0.3 is 0 Å². The summed E-state index contributed by atoms with van der Waals surface area (Å²) in [7, 11) is -18.8. The van der Waals surface area contributed by atoms with E-state index in [0.717, 1.165) is 42.7 Å². The van der Waals surface area contributed by atoms with Gasteiger partial charge in [-0.15, -0.1) is 0 Å². The Morgan fingerprint density at radius 2 is 0.860 bits per heavy atom. The van der Waals surface area contributed by atoms with Crippen molar-refractivity contribution in [1.82, 2.24) is 9.13 Å². The van der Waals surface area contributed by atoms with Crippen LogP contribution in [0.4, 0.5) is 11.6 Å². The molecule has 23 heteroatoms. The molecule has 6 bridgehead atoms. The minimum atomic E-state index is -5.04. The molecule has 6 aromatic rings. The SMILES string of the molecule is CS(=O)(=O)c1ccc2c(c1)C1=Nc3c4cc(S(=O)(=O)[O-])ccc4c4n3Cn3c(c5ccc(S(=O)(=O)[O-])cc5c3=NC3=NC(=N4)c4ccc(S(=O)(=O)[O-])cc43)=NC2=N1. The molecule has 0 amide bonds. The predicted octanol–water partition coefficient (Wildman–Crippen LogP) is 1.16. The van der Waals surface area contributed by atoms with Gasteiger partial charge < -0.3 is 13.7 Å². The van der Waals surface area contributed by atoms with Crippen LogP contribution in [0.5, 0.6) is 0 Å². The molecule has 0 aliphatic carbocycles. The fourth-order valence-electron chi connectivity index (χ4n) is 7.17. The number of sulfone groups is 1. The Labute approximate surface area is 320 Å². The van der Waals surface area contributed by atoms with Crippen molar-refractivity contribution in [2.24, 2.45) is 30.0 Å². The molecule has 19 nitrogen and oxygen atoms in total. The van der Waals surface area contributed by atoms with Crippen molar-refractivity contribution in [3.8, 4) is 0 Å². The standard InChI is InChI=1S/C34H20N8O11S4/c1-54(43,44)15-2-6-19-23(10-15)29-35-27(19)37-31-22-9-5-18(57(51,52)53)13-26(22)34-40-30-24-11-16(55(45,46)47)3-7-20(24)28(36-30)38-32-21-8-4-17(56(48,49)50)12-25(21)33(39-29)41(32)14-42(31)34/h2-13H,14H2,1H3,(H,45,46,47)(H,48,49,50)(H,51,52,53)/p-3. The zero-order chi connectivity index (χ0) is 40.1. The second-order valence-corrected chi connectivity index (χ2v) is 19.4. The lowest BCUT2D eigenvalue weighted by atomic mass is 10.1. The van der Waals surface area contributed by atoms with Crippen molar-refractivity contribution in [2.75, 3.05) is 6.26 Å². The molecule has 0 N–H and O–H groups in total. The third kappa shape index (κ3) is 5.38. The summed E-state index contributed by atoms with van der Waals surface area (Å²) in [4.78, 5) is 26.7. The predicted molar refractivity (Wildman–Crippen MR) is 197 cm³/mol. The Bertz CT molecular complexity index is 3710. The quantitative estimate of drug-likeness (QED) is 0.227. The summed E-state index contributed by atoms with van der Waals surface area (Å²) >= 11 is 0. The van der Waals surface area contributed by atoms with Crippen molar-refractivity contribution in [2.45, 2.75) is 26.3 Å². The summed E-state index contributed by atoms with van der Waals surface area (Å²) in [6.07, 6.45) is 1.02. The van der Waals surface area contributed by atoms with Crippen LogP contribution in [0.15, 0.2) is 122 Å². The smallest absolute Gasteiger partial charge is 0.175 e. The molecule has 0 saturated heterocycles. The van der Waals surface area contributed by atoms with Gasteiger partial charge in [0, 0.05) is 50.1 Å². The van der Waals surface area contributed by atoms with E-state index in [2.05, 4.69) is 9.98 Å². The lowest BCUT2D eigenvalue weighted by Gasteiger charge is -2.13. The maximum Gasteiger partial charge on any atom is 0.175 e. The molecule has 0 fully saturated rings. The maximum atomic E-state index is 12.7. The number of hydrogen-bond acceptors (Lipinski definition) is 17. The van der Waals surface area contributed by atoms with E-state index in [1.54, 1.807) is 0 Å². The number of benzene rings is 4. The van der Waals surface area contributed by atoms with Crippen LogP contribution in [-0.4, -0.2) is 86.1 Å². The van der Waals surface area contributed by atoms with Gasteiger partial charge in [-0.3, -0.25) is 9.13 Å². The number of fused-ring (bicyclic) bond motifs is 14. The highest BCUT2D eigenvalue weighted by Crippen LogP contribution is 2.42. The third-order valence-corrected chi connectivity index (χ3v) is 13.4. The van der Waals surface area contributed by atoms with Gasteiger partial charge in [0.15, 0.2) is 33.2 Å². The Morgan fingerprint density at radius 3 is 1.44 bits per heavy atom. The van der Waals surface area contributed by atoms with Crippen LogP contribution in [0.2, 0.25) is 0 Å². The molecule has 6 heterocycles. The van der Waals surface area contributed by atoms with E-state index < -0.39 is 54.9 Å². The largest absolute Gasteiger partial charge is 0.744 e. The normalized spacial score (nSPS) is 15.9. The average molecular weight is 842 g/mol. The first-order valence-electron chi connectivity index (χ1n) is 16.2. The molecule has 0 atom stereocenters. The molecule has 2 aromatic heterocycles. The van der Waals surface area contributed by atoms with E-state index in [4.69, 9.17) is 20.0 Å². The molecule has 4 aromatic carbocycles. The van der Waals surface area contributed by atoms with Crippen LogP contribution in [0, 0.1) is 0 Å². The number of aromatic nitrogens is 2.